The van der Waals surface area contributed by atoms with Crippen molar-refractivity contribution in [2.45, 2.75) is 0 Å². The Morgan fingerprint density at radius 2 is 1.00 bits per heavy atom. The molecule has 0 radical (unpaired) electrons. The van der Waals surface area contributed by atoms with Crippen molar-refractivity contribution >= 4 is 21.6 Å². The first-order chi connectivity index (χ1) is 8.86. The molecule has 0 saturated heterocycles. The van der Waals surface area contributed by atoms with E-state index in [1.807, 2.05) is 24.3 Å². The van der Waals surface area contributed by atoms with Gasteiger partial charge in [-0.25, -0.2) is 0 Å². The van der Waals surface area contributed by atoms with Crippen molar-refractivity contribution in [3.05, 3.63) is 83.6 Å². The Bertz CT molecular complexity index is 466. The van der Waals surface area contributed by atoms with E-state index in [4.69, 9.17) is 0 Å². The summed E-state index contributed by atoms with van der Waals surface area (Å²) in [6, 6.07) is 20.8. The zero-order valence-corrected chi connectivity index (χ0v) is 11.8. The first-order valence-corrected chi connectivity index (χ1v) is 8.42. The van der Waals surface area contributed by atoms with Crippen LogP contribution in [0.1, 0.15) is 0 Å². The fourth-order valence-electron chi connectivity index (χ4n) is 1.59. The molecule has 0 fully saturated rings. The molecule has 0 spiro atoms. The zero-order valence-electron chi connectivity index (χ0n) is 9.98. The van der Waals surface area contributed by atoms with Crippen molar-refractivity contribution in [2.24, 2.45) is 0 Å². The molecule has 0 aromatic heterocycles. The molecule has 0 N–H and O–H groups in total. The van der Waals surface area contributed by atoms with Crippen LogP contribution < -0.4 is 0 Å². The molecular formula is C16H16S2. The smallest absolute Gasteiger partial charge is 0.0184 e. The maximum absolute atomic E-state index is 4.18. The Kier molecular flexibility index (Phi) is 5.18. The highest BCUT2D eigenvalue weighted by Gasteiger charge is 1.91. The number of allylic oxidation sites excluding steroid dienone is 2. The lowest BCUT2D eigenvalue weighted by molar-refractivity contribution is 1.62. The summed E-state index contributed by atoms with van der Waals surface area (Å²) in [5.74, 6) is 0. The molecule has 2 heteroatoms. The van der Waals surface area contributed by atoms with Crippen LogP contribution in [0.5, 0.6) is 0 Å². The van der Waals surface area contributed by atoms with Crippen LogP contribution >= 0.6 is 21.6 Å². The summed E-state index contributed by atoms with van der Waals surface area (Å²) >= 11 is 4.18. The van der Waals surface area contributed by atoms with Crippen molar-refractivity contribution in [1.82, 2.24) is 0 Å². The fraction of sp³-hybridized carbons (Fsp3) is 0. The lowest BCUT2D eigenvalue weighted by Gasteiger charge is -1.98. The summed E-state index contributed by atoms with van der Waals surface area (Å²) in [6.07, 6.45) is 4.05. The lowest BCUT2D eigenvalue weighted by atomic mass is 10.1. The van der Waals surface area contributed by atoms with Crippen molar-refractivity contribution in [3.8, 4) is 11.1 Å². The third-order valence-corrected chi connectivity index (χ3v) is 4.22. The topological polar surface area (TPSA) is 0 Å². The van der Waals surface area contributed by atoms with E-state index in [1.165, 1.54) is 11.1 Å². The van der Waals surface area contributed by atoms with Gasteiger partial charge in [0, 0.05) is 0 Å². The molecule has 0 saturated carbocycles. The minimum Gasteiger partial charge on any atom is -0.167 e. The SMILES string of the molecule is S[SH]1C=CC=C1.c1ccc(-c2ccccc2)cc1. The van der Waals surface area contributed by atoms with Crippen LogP contribution in [0.25, 0.3) is 11.1 Å². The van der Waals surface area contributed by atoms with Crippen molar-refractivity contribution in [1.29, 1.82) is 0 Å². The van der Waals surface area contributed by atoms with Gasteiger partial charge in [0.2, 0.25) is 0 Å². The molecule has 0 nitrogen and oxygen atoms in total. The molecule has 0 atom stereocenters. The Hall–Kier alpha value is -1.38. The predicted molar refractivity (Wildman–Crippen MR) is 88.1 cm³/mol. The second kappa shape index (κ2) is 7.14. The van der Waals surface area contributed by atoms with Crippen LogP contribution in [-0.4, -0.2) is 0 Å². The third kappa shape index (κ3) is 4.13. The number of hydrogen-bond donors (Lipinski definition) is 2. The van der Waals surface area contributed by atoms with E-state index in [0.717, 1.165) is 0 Å². The standard InChI is InChI=1S/C12H10.C4H6S2/c1-3-7-11(8-4-1)12-9-5-2-6-10-12;5-6-3-1-2-4-6/h1-10H;1-6H. The van der Waals surface area contributed by atoms with Crippen molar-refractivity contribution < 1.29 is 0 Å². The van der Waals surface area contributed by atoms with Gasteiger partial charge in [0.1, 0.15) is 0 Å². The van der Waals surface area contributed by atoms with Crippen LogP contribution in [-0.2, 0) is 0 Å². The summed E-state index contributed by atoms with van der Waals surface area (Å²) in [4.78, 5) is 0. The zero-order chi connectivity index (χ0) is 12.6. The number of rotatable bonds is 1. The third-order valence-electron chi connectivity index (χ3n) is 2.47. The minimum atomic E-state index is -0.132. The summed E-state index contributed by atoms with van der Waals surface area (Å²) < 4.78 is 0. The Balaban J connectivity index is 0.000000169. The number of thiol groups is 2. The van der Waals surface area contributed by atoms with E-state index < -0.39 is 0 Å². The molecule has 2 aromatic rings. The molecule has 0 bridgehead atoms. The molecule has 18 heavy (non-hydrogen) atoms. The average molecular weight is 272 g/mol. The van der Waals surface area contributed by atoms with E-state index in [0.29, 0.717) is 0 Å². The Morgan fingerprint density at radius 1 is 0.611 bits per heavy atom. The molecule has 1 heterocycles. The lowest BCUT2D eigenvalue weighted by Crippen LogP contribution is -1.73. The average Bonchev–Trinajstić information content (AvgIpc) is 2.93. The fourth-order valence-corrected chi connectivity index (χ4v) is 2.70. The quantitative estimate of drug-likeness (QED) is 0.515. The van der Waals surface area contributed by atoms with Gasteiger partial charge in [-0.1, -0.05) is 72.8 Å². The van der Waals surface area contributed by atoms with Crippen LogP contribution in [0, 0.1) is 0 Å². The van der Waals surface area contributed by atoms with E-state index >= 15 is 0 Å². The molecule has 0 unspecified atom stereocenters. The van der Waals surface area contributed by atoms with Crippen LogP contribution in [0.4, 0.5) is 0 Å². The van der Waals surface area contributed by atoms with Gasteiger partial charge in [0.15, 0.2) is 0 Å². The van der Waals surface area contributed by atoms with Gasteiger partial charge in [-0.15, -0.1) is 11.7 Å². The molecule has 1 aliphatic rings. The highest BCUT2D eigenvalue weighted by atomic mass is 33.1. The van der Waals surface area contributed by atoms with Gasteiger partial charge >= 0.3 is 0 Å². The largest absolute Gasteiger partial charge is 0.167 e. The minimum absolute atomic E-state index is 0.132. The van der Waals surface area contributed by atoms with Gasteiger partial charge in [-0.05, 0) is 21.9 Å². The highest BCUT2D eigenvalue weighted by Crippen LogP contribution is 2.36. The Labute approximate surface area is 116 Å². The van der Waals surface area contributed by atoms with E-state index in [-0.39, 0.29) is 9.93 Å². The van der Waals surface area contributed by atoms with Gasteiger partial charge in [-0.2, -0.15) is 9.93 Å². The second-order valence-electron chi connectivity index (χ2n) is 3.80. The first-order valence-electron chi connectivity index (χ1n) is 5.79. The summed E-state index contributed by atoms with van der Waals surface area (Å²) in [5, 5.41) is 4.19. The molecule has 0 aliphatic carbocycles. The van der Waals surface area contributed by atoms with Crippen LogP contribution in [0.15, 0.2) is 83.6 Å². The van der Waals surface area contributed by atoms with Gasteiger partial charge in [-0.3, -0.25) is 0 Å². The molecular weight excluding hydrogens is 256 g/mol. The van der Waals surface area contributed by atoms with Gasteiger partial charge < -0.3 is 0 Å². The monoisotopic (exact) mass is 272 g/mol. The maximum atomic E-state index is 4.18. The first kappa shape index (κ1) is 13.1. The molecule has 3 rings (SSSR count). The molecule has 1 aliphatic heterocycles. The molecule has 0 amide bonds. The molecule has 92 valence electrons. The van der Waals surface area contributed by atoms with Gasteiger partial charge in [0.25, 0.3) is 0 Å². The molecule has 2 aromatic carbocycles. The van der Waals surface area contributed by atoms with E-state index in [9.17, 15) is 0 Å². The maximum Gasteiger partial charge on any atom is -0.0184 e. The summed E-state index contributed by atoms with van der Waals surface area (Å²) in [7, 11) is -0.132. The number of hydrogen-bond acceptors (Lipinski definition) is 1. The van der Waals surface area contributed by atoms with Crippen molar-refractivity contribution in [2.75, 3.05) is 0 Å². The summed E-state index contributed by atoms with van der Waals surface area (Å²) in [5.41, 5.74) is 2.55. The highest BCUT2D eigenvalue weighted by molar-refractivity contribution is 8.80. The van der Waals surface area contributed by atoms with Gasteiger partial charge in [0.05, 0.1) is 0 Å². The second-order valence-corrected chi connectivity index (χ2v) is 6.54. The van der Waals surface area contributed by atoms with E-state index in [2.05, 4.69) is 71.0 Å². The van der Waals surface area contributed by atoms with Crippen molar-refractivity contribution in [3.63, 3.8) is 0 Å². The Morgan fingerprint density at radius 3 is 1.28 bits per heavy atom. The summed E-state index contributed by atoms with van der Waals surface area (Å²) in [6.45, 7) is 0. The number of benzene rings is 2. The van der Waals surface area contributed by atoms with Crippen LogP contribution in [0.3, 0.4) is 0 Å². The van der Waals surface area contributed by atoms with E-state index in [1.54, 1.807) is 0 Å². The normalized spacial score (nSPS) is 14.2. The van der Waals surface area contributed by atoms with Crippen LogP contribution in [0.2, 0.25) is 0 Å². The predicted octanol–water partition coefficient (Wildman–Crippen LogP) is 5.23.